The van der Waals surface area contributed by atoms with Crippen molar-refractivity contribution in [3.8, 4) is 11.5 Å². The number of halogens is 3. The zero-order chi connectivity index (χ0) is 20.1. The van der Waals surface area contributed by atoms with Gasteiger partial charge in [-0.05, 0) is 42.3 Å². The largest absolute Gasteiger partial charge is 0.493 e. The molecule has 0 aliphatic carbocycles. The van der Waals surface area contributed by atoms with E-state index in [0.717, 1.165) is 23.4 Å². The Kier molecular flexibility index (Phi) is 6.19. The van der Waals surface area contributed by atoms with Gasteiger partial charge in [0.1, 0.15) is 6.61 Å². The van der Waals surface area contributed by atoms with Gasteiger partial charge < -0.3 is 9.47 Å². The summed E-state index contributed by atoms with van der Waals surface area (Å²) in [5.74, 6) is 1.01. The molecule has 2 nitrogen and oxygen atoms in total. The van der Waals surface area contributed by atoms with Crippen LogP contribution in [0.5, 0.6) is 11.5 Å². The molecule has 0 saturated carbocycles. The van der Waals surface area contributed by atoms with Crippen molar-refractivity contribution in [2.75, 3.05) is 7.11 Å². The summed E-state index contributed by atoms with van der Waals surface area (Å²) >= 11 is 1.06. The standard InChI is InChI=1S/C22H19F3O2S/c1-15-7-6-10-18(22(23,24)25)21(15)28-17-11-12-19(20(13-17)26-2)27-14-16-8-4-3-5-9-16/h3-13H,14H2,1-2H3. The van der Waals surface area contributed by atoms with Gasteiger partial charge in [0.15, 0.2) is 11.5 Å². The van der Waals surface area contributed by atoms with Gasteiger partial charge in [-0.1, -0.05) is 54.2 Å². The number of rotatable bonds is 6. The molecule has 3 aromatic carbocycles. The van der Waals surface area contributed by atoms with Crippen LogP contribution in [0.4, 0.5) is 13.2 Å². The Bertz CT molecular complexity index is 940. The van der Waals surface area contributed by atoms with E-state index >= 15 is 0 Å². The van der Waals surface area contributed by atoms with Gasteiger partial charge in [-0.25, -0.2) is 0 Å². The quantitative estimate of drug-likeness (QED) is 0.453. The highest BCUT2D eigenvalue weighted by Crippen LogP contribution is 2.43. The van der Waals surface area contributed by atoms with Crippen LogP contribution in [-0.2, 0) is 12.8 Å². The summed E-state index contributed by atoms with van der Waals surface area (Å²) in [7, 11) is 1.51. The second kappa shape index (κ2) is 8.61. The molecule has 0 radical (unpaired) electrons. The predicted octanol–water partition coefficient (Wildman–Crippen LogP) is 6.75. The Morgan fingerprint density at radius 2 is 1.64 bits per heavy atom. The molecule has 0 unspecified atom stereocenters. The molecule has 0 aliphatic rings. The molecule has 0 saturated heterocycles. The lowest BCUT2D eigenvalue weighted by molar-refractivity contribution is -0.139. The van der Waals surface area contributed by atoms with E-state index in [0.29, 0.717) is 28.6 Å². The van der Waals surface area contributed by atoms with E-state index in [2.05, 4.69) is 0 Å². The minimum atomic E-state index is -4.41. The third-order valence-electron chi connectivity index (χ3n) is 4.11. The first-order valence-corrected chi connectivity index (χ1v) is 9.39. The fourth-order valence-electron chi connectivity index (χ4n) is 2.69. The molecule has 0 aromatic heterocycles. The minimum absolute atomic E-state index is 0.190. The molecule has 0 aliphatic heterocycles. The van der Waals surface area contributed by atoms with E-state index in [9.17, 15) is 13.2 Å². The van der Waals surface area contributed by atoms with Crippen LogP contribution in [-0.4, -0.2) is 7.11 Å². The fourth-order valence-corrected chi connectivity index (χ4v) is 3.76. The van der Waals surface area contributed by atoms with Crippen molar-refractivity contribution >= 4 is 11.8 Å². The van der Waals surface area contributed by atoms with Crippen LogP contribution in [0.2, 0.25) is 0 Å². The second-order valence-electron chi connectivity index (χ2n) is 6.14. The summed E-state index contributed by atoms with van der Waals surface area (Å²) in [6.07, 6.45) is -4.41. The van der Waals surface area contributed by atoms with Gasteiger partial charge in [-0.2, -0.15) is 13.2 Å². The van der Waals surface area contributed by atoms with Crippen molar-refractivity contribution in [2.24, 2.45) is 0 Å². The number of aryl methyl sites for hydroxylation is 1. The molecule has 0 atom stereocenters. The number of hydrogen-bond acceptors (Lipinski definition) is 3. The first-order valence-electron chi connectivity index (χ1n) is 8.58. The zero-order valence-electron chi connectivity index (χ0n) is 15.4. The molecule has 3 aromatic rings. The van der Waals surface area contributed by atoms with Crippen LogP contribution in [0.15, 0.2) is 76.5 Å². The maximum absolute atomic E-state index is 13.3. The van der Waals surface area contributed by atoms with Crippen molar-refractivity contribution in [3.63, 3.8) is 0 Å². The average molecular weight is 404 g/mol. The number of hydrogen-bond donors (Lipinski definition) is 0. The van der Waals surface area contributed by atoms with Gasteiger partial charge in [0.25, 0.3) is 0 Å². The maximum atomic E-state index is 13.3. The molecule has 0 heterocycles. The summed E-state index contributed by atoms with van der Waals surface area (Å²) in [4.78, 5) is 0.832. The van der Waals surface area contributed by atoms with Crippen LogP contribution >= 0.6 is 11.8 Å². The van der Waals surface area contributed by atoms with Crippen LogP contribution in [0.25, 0.3) is 0 Å². The lowest BCUT2D eigenvalue weighted by atomic mass is 10.1. The third kappa shape index (κ3) is 4.81. The van der Waals surface area contributed by atoms with Gasteiger partial charge in [-0.15, -0.1) is 0 Å². The Labute approximate surface area is 166 Å². The Balaban J connectivity index is 1.83. The van der Waals surface area contributed by atoms with Gasteiger partial charge in [0.05, 0.1) is 12.7 Å². The lowest BCUT2D eigenvalue weighted by Gasteiger charge is -2.16. The molecule has 0 bridgehead atoms. The summed E-state index contributed by atoms with van der Waals surface area (Å²) in [5, 5.41) is 0. The van der Waals surface area contributed by atoms with E-state index in [4.69, 9.17) is 9.47 Å². The Morgan fingerprint density at radius 1 is 0.893 bits per heavy atom. The van der Waals surface area contributed by atoms with Crippen LogP contribution in [0, 0.1) is 6.92 Å². The highest BCUT2D eigenvalue weighted by Gasteiger charge is 2.34. The number of methoxy groups -OCH3 is 1. The lowest BCUT2D eigenvalue weighted by Crippen LogP contribution is -2.07. The smallest absolute Gasteiger partial charge is 0.417 e. The van der Waals surface area contributed by atoms with E-state index in [1.807, 2.05) is 30.3 Å². The van der Waals surface area contributed by atoms with Crippen molar-refractivity contribution in [3.05, 3.63) is 83.4 Å². The summed E-state index contributed by atoms with van der Waals surface area (Å²) in [6.45, 7) is 2.05. The van der Waals surface area contributed by atoms with E-state index in [1.54, 1.807) is 31.2 Å². The normalized spacial score (nSPS) is 11.3. The molecule has 3 rings (SSSR count). The SMILES string of the molecule is COc1cc(Sc2c(C)cccc2C(F)(F)F)ccc1OCc1ccccc1. The molecule has 28 heavy (non-hydrogen) atoms. The second-order valence-corrected chi connectivity index (χ2v) is 7.22. The molecule has 6 heteroatoms. The average Bonchev–Trinajstić information content (AvgIpc) is 2.68. The first kappa shape index (κ1) is 20.1. The van der Waals surface area contributed by atoms with E-state index in [-0.39, 0.29) is 4.90 Å². The van der Waals surface area contributed by atoms with Crippen LogP contribution in [0.1, 0.15) is 16.7 Å². The summed E-state index contributed by atoms with van der Waals surface area (Å²) in [6, 6.07) is 19.0. The van der Waals surface area contributed by atoms with Gasteiger partial charge in [0, 0.05) is 9.79 Å². The monoisotopic (exact) mass is 404 g/mol. The van der Waals surface area contributed by atoms with Crippen LogP contribution in [0.3, 0.4) is 0 Å². The first-order chi connectivity index (χ1) is 13.4. The molecule has 146 valence electrons. The highest BCUT2D eigenvalue weighted by molar-refractivity contribution is 7.99. The van der Waals surface area contributed by atoms with E-state index < -0.39 is 11.7 Å². The number of alkyl halides is 3. The summed E-state index contributed by atoms with van der Waals surface area (Å²) < 4.78 is 51.2. The molecule has 0 spiro atoms. The van der Waals surface area contributed by atoms with Gasteiger partial charge >= 0.3 is 6.18 Å². The van der Waals surface area contributed by atoms with Gasteiger partial charge in [-0.3, -0.25) is 0 Å². The minimum Gasteiger partial charge on any atom is -0.493 e. The van der Waals surface area contributed by atoms with Crippen LogP contribution < -0.4 is 9.47 Å². The molecular formula is C22H19F3O2S. The van der Waals surface area contributed by atoms with Crippen molar-refractivity contribution in [2.45, 2.75) is 29.5 Å². The number of benzene rings is 3. The highest BCUT2D eigenvalue weighted by atomic mass is 32.2. The molecular weight excluding hydrogens is 385 g/mol. The van der Waals surface area contributed by atoms with Gasteiger partial charge in [0.2, 0.25) is 0 Å². The predicted molar refractivity (Wildman–Crippen MR) is 104 cm³/mol. The topological polar surface area (TPSA) is 18.5 Å². The maximum Gasteiger partial charge on any atom is 0.417 e. The molecule has 0 N–H and O–H groups in total. The molecule has 0 fully saturated rings. The Hall–Kier alpha value is -2.60. The zero-order valence-corrected chi connectivity index (χ0v) is 16.2. The third-order valence-corrected chi connectivity index (χ3v) is 5.35. The molecule has 0 amide bonds. The van der Waals surface area contributed by atoms with Crippen molar-refractivity contribution in [1.29, 1.82) is 0 Å². The number of ether oxygens (including phenoxy) is 2. The fraction of sp³-hybridized carbons (Fsp3) is 0.182. The Morgan fingerprint density at radius 3 is 2.32 bits per heavy atom. The van der Waals surface area contributed by atoms with Crippen molar-refractivity contribution < 1.29 is 22.6 Å². The van der Waals surface area contributed by atoms with E-state index in [1.165, 1.54) is 13.2 Å². The van der Waals surface area contributed by atoms with Crippen molar-refractivity contribution in [1.82, 2.24) is 0 Å². The summed E-state index contributed by atoms with van der Waals surface area (Å²) in [5.41, 5.74) is 0.946.